The highest BCUT2D eigenvalue weighted by molar-refractivity contribution is 7.99. The number of nitrogens with zero attached hydrogens (tertiary/aromatic N) is 1. The van der Waals surface area contributed by atoms with Crippen molar-refractivity contribution in [3.8, 4) is 0 Å². The first-order valence-corrected chi connectivity index (χ1v) is 10.6. The Hall–Kier alpha value is -2.68. The summed E-state index contributed by atoms with van der Waals surface area (Å²) in [6.45, 7) is 1.14. The molecule has 2 amide bonds. The molecule has 0 aliphatic carbocycles. The van der Waals surface area contributed by atoms with Gasteiger partial charge in [-0.25, -0.2) is 4.79 Å². The molecular formula is C22H21NO6S. The molecular weight excluding hydrogens is 406 g/mol. The van der Waals surface area contributed by atoms with Gasteiger partial charge >= 0.3 is 5.97 Å². The number of methoxy groups -OCH3 is 1. The van der Waals surface area contributed by atoms with Gasteiger partial charge in [0.05, 0.1) is 42.8 Å². The molecule has 30 heavy (non-hydrogen) atoms. The summed E-state index contributed by atoms with van der Waals surface area (Å²) >= 11 is 1.53. The lowest BCUT2D eigenvalue weighted by atomic mass is 10.1. The molecule has 0 N–H and O–H groups in total. The second-order valence-corrected chi connectivity index (χ2v) is 8.02. The van der Waals surface area contributed by atoms with Crippen LogP contribution in [-0.2, 0) is 14.2 Å². The van der Waals surface area contributed by atoms with E-state index in [1.165, 1.54) is 23.8 Å². The number of carbonyl (C=O) groups is 3. The molecule has 0 saturated carbocycles. The number of ether oxygens (including phenoxy) is 3. The molecule has 4 rings (SSSR count). The Labute approximate surface area is 178 Å². The quantitative estimate of drug-likeness (QED) is 0.382. The molecule has 0 spiro atoms. The molecule has 0 aromatic heterocycles. The third-order valence-electron chi connectivity index (χ3n) is 5.14. The molecule has 2 aliphatic heterocycles. The highest BCUT2D eigenvalue weighted by Gasteiger charge is 2.41. The molecule has 2 heterocycles. The Bertz CT molecular complexity index is 933. The predicted octanol–water partition coefficient (Wildman–Crippen LogP) is 2.99. The normalized spacial score (nSPS) is 17.3. The van der Waals surface area contributed by atoms with Gasteiger partial charge in [0.2, 0.25) is 0 Å². The van der Waals surface area contributed by atoms with Crippen molar-refractivity contribution >= 4 is 29.5 Å². The average molecular weight is 427 g/mol. The van der Waals surface area contributed by atoms with Crippen molar-refractivity contribution in [3.63, 3.8) is 0 Å². The van der Waals surface area contributed by atoms with Crippen LogP contribution >= 0.6 is 11.8 Å². The number of benzene rings is 2. The van der Waals surface area contributed by atoms with Crippen molar-refractivity contribution in [2.24, 2.45) is 0 Å². The van der Waals surface area contributed by atoms with E-state index in [9.17, 15) is 14.4 Å². The maximum Gasteiger partial charge on any atom is 0.337 e. The van der Waals surface area contributed by atoms with Crippen LogP contribution in [0.25, 0.3) is 0 Å². The standard InChI is InChI=1S/C22H21NO6S/c1-27-21(26)15-6-8-16(9-7-15)30-14-22(28-12-13-29-22)10-11-23-19(24)17-4-2-3-5-18(17)20(23)25/h2-9H,10-14H2,1H3. The zero-order chi connectivity index (χ0) is 21.1. The van der Waals surface area contributed by atoms with E-state index in [1.807, 2.05) is 12.1 Å². The van der Waals surface area contributed by atoms with E-state index >= 15 is 0 Å². The minimum Gasteiger partial charge on any atom is -0.465 e. The number of amides is 2. The van der Waals surface area contributed by atoms with Crippen LogP contribution in [0, 0.1) is 0 Å². The number of thioether (sulfide) groups is 1. The van der Waals surface area contributed by atoms with Crippen LogP contribution in [0.5, 0.6) is 0 Å². The van der Waals surface area contributed by atoms with Gasteiger partial charge in [-0.2, -0.15) is 0 Å². The summed E-state index contributed by atoms with van der Waals surface area (Å²) in [5.41, 5.74) is 1.35. The topological polar surface area (TPSA) is 82.1 Å². The molecule has 2 aliphatic rings. The van der Waals surface area contributed by atoms with Crippen molar-refractivity contribution in [1.29, 1.82) is 0 Å². The number of esters is 1. The lowest BCUT2D eigenvalue weighted by Gasteiger charge is -2.28. The Balaban J connectivity index is 1.40. The van der Waals surface area contributed by atoms with Gasteiger partial charge in [0, 0.05) is 17.9 Å². The zero-order valence-corrected chi connectivity index (χ0v) is 17.3. The summed E-state index contributed by atoms with van der Waals surface area (Å²) in [4.78, 5) is 38.9. The molecule has 1 saturated heterocycles. The van der Waals surface area contributed by atoms with Crippen LogP contribution in [0.15, 0.2) is 53.4 Å². The Kier molecular flexibility index (Phi) is 5.90. The number of rotatable bonds is 7. The summed E-state index contributed by atoms with van der Waals surface area (Å²) < 4.78 is 16.5. The van der Waals surface area contributed by atoms with Gasteiger partial charge in [-0.1, -0.05) is 12.1 Å². The first kappa shape index (κ1) is 20.6. The lowest BCUT2D eigenvalue weighted by molar-refractivity contribution is -0.143. The Morgan fingerprint density at radius 1 is 1.03 bits per heavy atom. The van der Waals surface area contributed by atoms with Gasteiger partial charge in [-0.05, 0) is 36.4 Å². The molecule has 8 heteroatoms. The van der Waals surface area contributed by atoms with Crippen LogP contribution in [0.1, 0.15) is 37.5 Å². The van der Waals surface area contributed by atoms with Gasteiger partial charge in [-0.15, -0.1) is 11.8 Å². The predicted molar refractivity (Wildman–Crippen MR) is 110 cm³/mol. The fourth-order valence-electron chi connectivity index (χ4n) is 3.52. The summed E-state index contributed by atoms with van der Waals surface area (Å²) in [6.07, 6.45) is 0.381. The van der Waals surface area contributed by atoms with Crippen LogP contribution < -0.4 is 0 Å². The highest BCUT2D eigenvalue weighted by atomic mass is 32.2. The van der Waals surface area contributed by atoms with E-state index in [0.717, 1.165) is 4.90 Å². The van der Waals surface area contributed by atoms with E-state index in [4.69, 9.17) is 14.2 Å². The third kappa shape index (κ3) is 3.98. The van der Waals surface area contributed by atoms with Gasteiger partial charge in [-0.3, -0.25) is 14.5 Å². The van der Waals surface area contributed by atoms with Crippen LogP contribution in [-0.4, -0.2) is 61.1 Å². The first-order valence-electron chi connectivity index (χ1n) is 9.57. The monoisotopic (exact) mass is 427 g/mol. The molecule has 0 atom stereocenters. The minimum absolute atomic E-state index is 0.216. The van der Waals surface area contributed by atoms with Crippen molar-refractivity contribution in [3.05, 3.63) is 65.2 Å². The Morgan fingerprint density at radius 2 is 1.63 bits per heavy atom. The molecule has 156 valence electrons. The highest BCUT2D eigenvalue weighted by Crippen LogP contribution is 2.33. The van der Waals surface area contributed by atoms with E-state index in [2.05, 4.69) is 0 Å². The van der Waals surface area contributed by atoms with Gasteiger partial charge in [0.25, 0.3) is 11.8 Å². The summed E-state index contributed by atoms with van der Waals surface area (Å²) in [5, 5.41) is 0. The minimum atomic E-state index is -0.874. The molecule has 1 fully saturated rings. The van der Waals surface area contributed by atoms with Crippen LogP contribution in [0.4, 0.5) is 0 Å². The summed E-state index contributed by atoms with van der Waals surface area (Å²) in [7, 11) is 1.35. The molecule has 0 radical (unpaired) electrons. The number of imide groups is 1. The van der Waals surface area contributed by atoms with E-state index in [-0.39, 0.29) is 24.3 Å². The van der Waals surface area contributed by atoms with Gasteiger partial charge < -0.3 is 14.2 Å². The summed E-state index contributed by atoms with van der Waals surface area (Å²) in [6, 6.07) is 13.9. The van der Waals surface area contributed by atoms with Crippen LogP contribution in [0.3, 0.4) is 0 Å². The maximum atomic E-state index is 12.6. The van der Waals surface area contributed by atoms with E-state index < -0.39 is 5.79 Å². The van der Waals surface area contributed by atoms with Gasteiger partial charge in [0.15, 0.2) is 5.79 Å². The zero-order valence-electron chi connectivity index (χ0n) is 16.5. The number of carbonyl (C=O) groups excluding carboxylic acids is 3. The van der Waals surface area contributed by atoms with Gasteiger partial charge in [0.1, 0.15) is 0 Å². The second kappa shape index (κ2) is 8.59. The first-order chi connectivity index (χ1) is 14.5. The molecule has 0 bridgehead atoms. The van der Waals surface area contributed by atoms with E-state index in [1.54, 1.807) is 36.4 Å². The molecule has 0 unspecified atom stereocenters. The fourth-order valence-corrected chi connectivity index (χ4v) is 4.55. The maximum absolute atomic E-state index is 12.6. The third-order valence-corrected chi connectivity index (χ3v) is 6.33. The fraction of sp³-hybridized carbons (Fsp3) is 0.318. The lowest BCUT2D eigenvalue weighted by Crippen LogP contribution is -2.40. The molecule has 2 aromatic carbocycles. The number of hydrogen-bond donors (Lipinski definition) is 0. The van der Waals surface area contributed by atoms with Crippen molar-refractivity contribution in [2.75, 3.05) is 32.6 Å². The van der Waals surface area contributed by atoms with Crippen molar-refractivity contribution in [1.82, 2.24) is 4.90 Å². The second-order valence-electron chi connectivity index (χ2n) is 6.97. The van der Waals surface area contributed by atoms with Crippen molar-refractivity contribution in [2.45, 2.75) is 17.1 Å². The summed E-state index contributed by atoms with van der Waals surface area (Å²) in [5.74, 6) is -1.33. The Morgan fingerprint density at radius 3 is 2.20 bits per heavy atom. The molecule has 2 aromatic rings. The average Bonchev–Trinajstić information content (AvgIpc) is 3.35. The van der Waals surface area contributed by atoms with E-state index in [0.29, 0.717) is 42.1 Å². The number of fused-ring (bicyclic) bond motifs is 1. The van der Waals surface area contributed by atoms with Crippen LogP contribution in [0.2, 0.25) is 0 Å². The SMILES string of the molecule is COC(=O)c1ccc(SCC2(CCN3C(=O)c4ccccc4C3=O)OCCO2)cc1. The smallest absolute Gasteiger partial charge is 0.337 e. The molecule has 7 nitrogen and oxygen atoms in total. The number of hydrogen-bond acceptors (Lipinski definition) is 7. The van der Waals surface area contributed by atoms with Crippen molar-refractivity contribution < 1.29 is 28.6 Å². The largest absolute Gasteiger partial charge is 0.465 e.